The van der Waals surface area contributed by atoms with Gasteiger partial charge in [0.25, 0.3) is 0 Å². The van der Waals surface area contributed by atoms with Crippen molar-refractivity contribution in [1.29, 1.82) is 0 Å². The number of terminal acetylenes is 1. The van der Waals surface area contributed by atoms with Crippen LogP contribution >= 0.6 is 0 Å². The summed E-state index contributed by atoms with van der Waals surface area (Å²) in [6.45, 7) is 5.46. The molecule has 0 aliphatic carbocycles. The summed E-state index contributed by atoms with van der Waals surface area (Å²) in [5.74, 6) is 2.06. The van der Waals surface area contributed by atoms with Gasteiger partial charge in [-0.2, -0.15) is 0 Å². The number of ether oxygens (including phenoxy) is 1. The van der Waals surface area contributed by atoms with E-state index in [0.717, 1.165) is 21.8 Å². The van der Waals surface area contributed by atoms with Crippen LogP contribution in [0, 0.1) is 12.3 Å². The highest BCUT2D eigenvalue weighted by atomic mass is 16.6. The average molecular weight is 293 g/mol. The van der Waals surface area contributed by atoms with Gasteiger partial charge < -0.3 is 9.72 Å². The van der Waals surface area contributed by atoms with E-state index in [0.29, 0.717) is 5.69 Å². The number of carbonyl (C=O) groups excluding carboxylic acids is 1. The van der Waals surface area contributed by atoms with Gasteiger partial charge in [0.15, 0.2) is 0 Å². The standard InChI is InChI=1S/C17H15N3O2/c1-5-10-6-11-12-7-13(16(21)22-17(2,3)4)19-9-15(12)20-14(11)8-18-10/h1,6-9,20H,2-4H3. The SMILES string of the molecule is C#Cc1cc2c(cn1)[nH]c1cnc(C(=O)OC(C)(C)C)cc12. The molecular formula is C17H15N3O2. The number of H-pyrrole nitrogens is 1. The molecule has 0 aliphatic heterocycles. The van der Waals surface area contributed by atoms with Gasteiger partial charge in [-0.1, -0.05) is 5.92 Å². The van der Waals surface area contributed by atoms with Gasteiger partial charge in [0, 0.05) is 10.8 Å². The number of hydrogen-bond acceptors (Lipinski definition) is 4. The zero-order valence-electron chi connectivity index (χ0n) is 12.6. The van der Waals surface area contributed by atoms with Gasteiger partial charge >= 0.3 is 5.97 Å². The largest absolute Gasteiger partial charge is 0.455 e. The first-order chi connectivity index (χ1) is 10.4. The fraction of sp³-hybridized carbons (Fsp3) is 0.235. The predicted octanol–water partition coefficient (Wildman–Crippen LogP) is 3.05. The van der Waals surface area contributed by atoms with Crippen LogP contribution in [0.25, 0.3) is 21.8 Å². The van der Waals surface area contributed by atoms with E-state index in [1.807, 2.05) is 26.8 Å². The molecule has 0 radical (unpaired) electrons. The molecule has 0 atom stereocenters. The van der Waals surface area contributed by atoms with Crippen LogP contribution < -0.4 is 0 Å². The third-order valence-electron chi connectivity index (χ3n) is 3.12. The van der Waals surface area contributed by atoms with E-state index in [2.05, 4.69) is 20.9 Å². The monoisotopic (exact) mass is 293 g/mol. The van der Waals surface area contributed by atoms with Gasteiger partial charge in [0.05, 0.1) is 23.4 Å². The molecule has 0 bridgehead atoms. The topological polar surface area (TPSA) is 67.9 Å². The molecular weight excluding hydrogens is 278 g/mol. The minimum Gasteiger partial charge on any atom is -0.455 e. The Balaban J connectivity index is 2.14. The Bertz CT molecular complexity index is 927. The van der Waals surface area contributed by atoms with E-state index in [4.69, 9.17) is 11.2 Å². The number of aromatic amines is 1. The maximum Gasteiger partial charge on any atom is 0.357 e. The normalized spacial score (nSPS) is 11.5. The van der Waals surface area contributed by atoms with Crippen LogP contribution in [0.15, 0.2) is 24.5 Å². The van der Waals surface area contributed by atoms with Crippen LogP contribution in [0.5, 0.6) is 0 Å². The summed E-state index contributed by atoms with van der Waals surface area (Å²) in [7, 11) is 0. The van der Waals surface area contributed by atoms with Gasteiger partial charge in [0.2, 0.25) is 0 Å². The van der Waals surface area contributed by atoms with Gasteiger partial charge in [-0.25, -0.2) is 14.8 Å². The molecule has 110 valence electrons. The van der Waals surface area contributed by atoms with Crippen LogP contribution in [-0.4, -0.2) is 26.5 Å². The molecule has 0 aliphatic rings. The van der Waals surface area contributed by atoms with Crippen molar-refractivity contribution in [2.45, 2.75) is 26.4 Å². The maximum atomic E-state index is 12.1. The first kappa shape index (κ1) is 14.1. The van der Waals surface area contributed by atoms with E-state index < -0.39 is 11.6 Å². The number of nitrogens with one attached hydrogen (secondary N) is 1. The molecule has 0 fully saturated rings. The second-order valence-corrected chi connectivity index (χ2v) is 6.00. The third kappa shape index (κ3) is 2.51. The summed E-state index contributed by atoms with van der Waals surface area (Å²) < 4.78 is 5.35. The van der Waals surface area contributed by atoms with E-state index in [9.17, 15) is 4.79 Å². The Morgan fingerprint density at radius 1 is 1.18 bits per heavy atom. The molecule has 0 amide bonds. The van der Waals surface area contributed by atoms with Crippen LogP contribution in [0.3, 0.4) is 0 Å². The molecule has 0 spiro atoms. The third-order valence-corrected chi connectivity index (χ3v) is 3.12. The van der Waals surface area contributed by atoms with E-state index >= 15 is 0 Å². The summed E-state index contributed by atoms with van der Waals surface area (Å²) in [6, 6.07) is 3.52. The van der Waals surface area contributed by atoms with Crippen LogP contribution in [-0.2, 0) is 4.74 Å². The quantitative estimate of drug-likeness (QED) is 0.553. The fourth-order valence-corrected chi connectivity index (χ4v) is 2.22. The number of carbonyl (C=O) groups is 1. The van der Waals surface area contributed by atoms with E-state index in [1.54, 1.807) is 18.5 Å². The number of aromatic nitrogens is 3. The molecule has 0 unspecified atom stereocenters. The summed E-state index contributed by atoms with van der Waals surface area (Å²) in [6.07, 6.45) is 8.69. The van der Waals surface area contributed by atoms with E-state index in [1.165, 1.54) is 0 Å². The highest BCUT2D eigenvalue weighted by molar-refractivity contribution is 6.08. The van der Waals surface area contributed by atoms with Crippen LogP contribution in [0.4, 0.5) is 0 Å². The van der Waals surface area contributed by atoms with E-state index in [-0.39, 0.29) is 5.69 Å². The Labute approximate surface area is 127 Å². The van der Waals surface area contributed by atoms with Crippen LogP contribution in [0.2, 0.25) is 0 Å². The van der Waals surface area contributed by atoms with Crippen molar-refractivity contribution in [3.63, 3.8) is 0 Å². The lowest BCUT2D eigenvalue weighted by molar-refractivity contribution is 0.00631. The molecule has 3 aromatic heterocycles. The van der Waals surface area contributed by atoms with Crippen molar-refractivity contribution in [1.82, 2.24) is 15.0 Å². The smallest absolute Gasteiger partial charge is 0.357 e. The highest BCUT2D eigenvalue weighted by Gasteiger charge is 2.19. The van der Waals surface area contributed by atoms with Gasteiger partial charge in [0.1, 0.15) is 17.0 Å². The lowest BCUT2D eigenvalue weighted by Gasteiger charge is -2.18. The second kappa shape index (κ2) is 4.85. The van der Waals surface area contributed by atoms with Gasteiger partial charge in [-0.3, -0.25) is 0 Å². The Morgan fingerprint density at radius 2 is 1.82 bits per heavy atom. The zero-order valence-corrected chi connectivity index (χ0v) is 12.6. The lowest BCUT2D eigenvalue weighted by Crippen LogP contribution is -2.24. The van der Waals surface area contributed by atoms with Gasteiger partial charge in [-0.05, 0) is 32.9 Å². The Hall–Kier alpha value is -2.87. The molecule has 5 heteroatoms. The molecule has 0 saturated carbocycles. The molecule has 0 saturated heterocycles. The van der Waals surface area contributed by atoms with Crippen molar-refractivity contribution in [3.05, 3.63) is 35.9 Å². The van der Waals surface area contributed by atoms with Crippen molar-refractivity contribution < 1.29 is 9.53 Å². The molecule has 1 N–H and O–H groups in total. The summed E-state index contributed by atoms with van der Waals surface area (Å²) in [4.78, 5) is 23.7. The summed E-state index contributed by atoms with van der Waals surface area (Å²) in [5, 5.41) is 1.77. The second-order valence-electron chi connectivity index (χ2n) is 6.00. The first-order valence-electron chi connectivity index (χ1n) is 6.85. The Morgan fingerprint density at radius 3 is 2.45 bits per heavy atom. The first-order valence-corrected chi connectivity index (χ1v) is 6.85. The summed E-state index contributed by atoms with van der Waals surface area (Å²) in [5.41, 5.74) is 1.91. The van der Waals surface area contributed by atoms with Crippen molar-refractivity contribution in [2.24, 2.45) is 0 Å². The fourth-order valence-electron chi connectivity index (χ4n) is 2.22. The minimum absolute atomic E-state index is 0.266. The number of pyridine rings is 2. The van der Waals surface area contributed by atoms with Crippen molar-refractivity contribution in [3.8, 4) is 12.3 Å². The number of rotatable bonds is 1. The molecule has 0 aromatic carbocycles. The number of hydrogen-bond donors (Lipinski definition) is 1. The summed E-state index contributed by atoms with van der Waals surface area (Å²) >= 11 is 0. The maximum absolute atomic E-state index is 12.1. The average Bonchev–Trinajstić information content (AvgIpc) is 2.82. The number of esters is 1. The molecule has 22 heavy (non-hydrogen) atoms. The molecule has 3 aromatic rings. The van der Waals surface area contributed by atoms with Crippen LogP contribution in [0.1, 0.15) is 37.0 Å². The minimum atomic E-state index is -0.561. The lowest BCUT2D eigenvalue weighted by atomic mass is 10.1. The molecule has 5 nitrogen and oxygen atoms in total. The predicted molar refractivity (Wildman–Crippen MR) is 84.5 cm³/mol. The molecule has 3 heterocycles. The Kier molecular flexibility index (Phi) is 3.10. The number of nitrogens with zero attached hydrogens (tertiary/aromatic N) is 2. The van der Waals surface area contributed by atoms with Gasteiger partial charge in [-0.15, -0.1) is 6.42 Å². The van der Waals surface area contributed by atoms with Crippen molar-refractivity contribution in [2.75, 3.05) is 0 Å². The number of fused-ring (bicyclic) bond motifs is 3. The zero-order chi connectivity index (χ0) is 15.9. The van der Waals surface area contributed by atoms with Crippen molar-refractivity contribution >= 4 is 27.8 Å². The highest BCUT2D eigenvalue weighted by Crippen LogP contribution is 2.26. The molecule has 3 rings (SSSR count).